The molecule has 0 atom stereocenters. The molecule has 0 unspecified atom stereocenters. The van der Waals surface area contributed by atoms with Gasteiger partial charge in [-0.15, -0.1) is 0 Å². The molecule has 12 heteroatoms. The zero-order chi connectivity index (χ0) is 22.5. The highest BCUT2D eigenvalue weighted by molar-refractivity contribution is 7.89. The zero-order valence-electron chi connectivity index (χ0n) is 15.6. The Bertz CT molecular complexity index is 1100. The summed E-state index contributed by atoms with van der Waals surface area (Å²) in [4.78, 5) is 23.0. The third-order valence-corrected chi connectivity index (χ3v) is 4.62. The maximum atomic E-state index is 13.0. The highest BCUT2D eigenvalue weighted by atomic mass is 32.2. The lowest BCUT2D eigenvalue weighted by Gasteiger charge is -2.12. The van der Waals surface area contributed by atoms with Crippen LogP contribution in [-0.4, -0.2) is 26.6 Å². The van der Waals surface area contributed by atoms with Crippen LogP contribution in [0, 0.1) is 0 Å². The minimum atomic E-state index is -4.87. The van der Waals surface area contributed by atoms with Gasteiger partial charge in [-0.25, -0.2) is 4.83 Å². The molecule has 0 heterocycles. The minimum Gasteiger partial charge on any atom is -0.423 e. The number of halogens is 3. The molecule has 0 fully saturated rings. The van der Waals surface area contributed by atoms with Crippen molar-refractivity contribution < 1.29 is 40.7 Å². The van der Waals surface area contributed by atoms with Crippen molar-refractivity contribution in [3.8, 4) is 11.5 Å². The molecule has 0 aliphatic carbocycles. The van der Waals surface area contributed by atoms with Gasteiger partial charge in [-0.05, 0) is 35.9 Å². The smallest absolute Gasteiger partial charge is 0.417 e. The summed E-state index contributed by atoms with van der Waals surface area (Å²) in [6, 6.07) is 7.49. The molecule has 30 heavy (non-hydrogen) atoms. The standard InChI is InChI=1S/C18H15F3N2O6S/c1-11(24)28-15-8-7-13(9-16(15)29-12(2)25)10-22-23-30(26,27)17-6-4-3-5-14(17)18(19,20)21/h3-10,23H,1-2H3. The van der Waals surface area contributed by atoms with Crippen molar-refractivity contribution in [2.75, 3.05) is 0 Å². The van der Waals surface area contributed by atoms with Crippen molar-refractivity contribution in [3.05, 3.63) is 53.6 Å². The summed E-state index contributed by atoms with van der Waals surface area (Å²) in [5, 5.41) is 3.45. The van der Waals surface area contributed by atoms with Gasteiger partial charge in [-0.3, -0.25) is 9.59 Å². The largest absolute Gasteiger partial charge is 0.423 e. The number of esters is 2. The highest BCUT2D eigenvalue weighted by Gasteiger charge is 2.36. The molecule has 0 aliphatic heterocycles. The number of nitrogens with one attached hydrogen (secondary N) is 1. The molecular weight excluding hydrogens is 429 g/mol. The van der Waals surface area contributed by atoms with E-state index in [1.54, 1.807) is 4.83 Å². The monoisotopic (exact) mass is 444 g/mol. The van der Waals surface area contributed by atoms with Crippen LogP contribution in [0.4, 0.5) is 13.2 Å². The molecule has 160 valence electrons. The Morgan fingerprint density at radius 3 is 2.20 bits per heavy atom. The Morgan fingerprint density at radius 1 is 1.00 bits per heavy atom. The van der Waals surface area contributed by atoms with E-state index in [0.717, 1.165) is 38.3 Å². The Balaban J connectivity index is 2.28. The van der Waals surface area contributed by atoms with E-state index in [0.29, 0.717) is 6.07 Å². The Kier molecular flexibility index (Phi) is 6.82. The average molecular weight is 444 g/mol. The van der Waals surface area contributed by atoms with E-state index < -0.39 is 38.6 Å². The van der Waals surface area contributed by atoms with E-state index in [1.807, 2.05) is 0 Å². The van der Waals surface area contributed by atoms with Gasteiger partial charge in [-0.1, -0.05) is 12.1 Å². The summed E-state index contributed by atoms with van der Waals surface area (Å²) < 4.78 is 73.4. The van der Waals surface area contributed by atoms with Crippen molar-refractivity contribution in [3.63, 3.8) is 0 Å². The summed E-state index contributed by atoms with van der Waals surface area (Å²) in [5.41, 5.74) is -1.13. The number of sulfonamides is 1. The molecule has 0 saturated heterocycles. The lowest BCUT2D eigenvalue weighted by Crippen LogP contribution is -2.22. The molecule has 0 amide bonds. The number of carbonyl (C=O) groups excluding carboxylic acids is 2. The number of hydrazone groups is 1. The molecule has 8 nitrogen and oxygen atoms in total. The number of ether oxygens (including phenoxy) is 2. The molecule has 1 N–H and O–H groups in total. The van der Waals surface area contributed by atoms with Crippen LogP contribution < -0.4 is 14.3 Å². The van der Waals surface area contributed by atoms with Crippen molar-refractivity contribution >= 4 is 28.2 Å². The molecule has 0 radical (unpaired) electrons. The van der Waals surface area contributed by atoms with Gasteiger partial charge in [0.25, 0.3) is 10.0 Å². The second-order valence-electron chi connectivity index (χ2n) is 5.74. The first-order chi connectivity index (χ1) is 13.9. The third kappa shape index (κ3) is 6.04. The number of hydrogen-bond acceptors (Lipinski definition) is 7. The van der Waals surface area contributed by atoms with Crippen molar-refractivity contribution in [1.29, 1.82) is 0 Å². The molecular formula is C18H15F3N2O6S. The Labute approximate surface area is 169 Å². The van der Waals surface area contributed by atoms with E-state index in [1.165, 1.54) is 18.2 Å². The molecule has 0 aromatic heterocycles. The second kappa shape index (κ2) is 8.95. The fourth-order valence-electron chi connectivity index (χ4n) is 2.23. The van der Waals surface area contributed by atoms with Gasteiger partial charge < -0.3 is 9.47 Å². The van der Waals surface area contributed by atoms with E-state index in [9.17, 15) is 31.2 Å². The van der Waals surface area contributed by atoms with Crippen LogP contribution >= 0.6 is 0 Å². The van der Waals surface area contributed by atoms with Crippen LogP contribution in [0.2, 0.25) is 0 Å². The van der Waals surface area contributed by atoms with Crippen LogP contribution in [-0.2, 0) is 25.8 Å². The predicted molar refractivity (Wildman–Crippen MR) is 98.4 cm³/mol. The maximum absolute atomic E-state index is 13.0. The lowest BCUT2D eigenvalue weighted by atomic mass is 10.2. The minimum absolute atomic E-state index is 0.0606. The third-order valence-electron chi connectivity index (χ3n) is 3.34. The van der Waals surface area contributed by atoms with E-state index in [2.05, 4.69) is 5.10 Å². The molecule has 0 aliphatic rings. The number of alkyl halides is 3. The van der Waals surface area contributed by atoms with Crippen LogP contribution in [0.25, 0.3) is 0 Å². The Hall–Kier alpha value is -3.41. The molecule has 0 saturated carbocycles. The Morgan fingerprint density at radius 2 is 1.60 bits per heavy atom. The first-order valence-corrected chi connectivity index (χ1v) is 9.60. The summed E-state index contributed by atoms with van der Waals surface area (Å²) >= 11 is 0. The molecule has 0 spiro atoms. The first-order valence-electron chi connectivity index (χ1n) is 8.12. The number of hydrogen-bond donors (Lipinski definition) is 1. The highest BCUT2D eigenvalue weighted by Crippen LogP contribution is 2.34. The molecule has 0 bridgehead atoms. The summed E-state index contributed by atoms with van der Waals surface area (Å²) in [6.07, 6.45) is -3.90. The van der Waals surface area contributed by atoms with Gasteiger partial charge in [-0.2, -0.15) is 26.7 Å². The quantitative estimate of drug-likeness (QED) is 0.317. The van der Waals surface area contributed by atoms with E-state index >= 15 is 0 Å². The lowest BCUT2D eigenvalue weighted by molar-refractivity contribution is -0.140. The SMILES string of the molecule is CC(=O)Oc1ccc(C=NNS(=O)(=O)c2ccccc2C(F)(F)F)cc1OC(C)=O. The van der Waals surface area contributed by atoms with Gasteiger partial charge in [0.2, 0.25) is 0 Å². The number of benzene rings is 2. The number of nitrogens with zero attached hydrogens (tertiary/aromatic N) is 1. The number of rotatable bonds is 6. The first kappa shape index (κ1) is 22.9. The average Bonchev–Trinajstić information content (AvgIpc) is 2.62. The predicted octanol–water partition coefficient (Wildman–Crippen LogP) is 2.87. The summed E-state index contributed by atoms with van der Waals surface area (Å²) in [7, 11) is -4.62. The number of carbonyl (C=O) groups is 2. The van der Waals surface area contributed by atoms with E-state index in [4.69, 9.17) is 9.47 Å². The van der Waals surface area contributed by atoms with E-state index in [-0.39, 0.29) is 17.1 Å². The van der Waals surface area contributed by atoms with Crippen LogP contribution in [0.3, 0.4) is 0 Å². The van der Waals surface area contributed by atoms with Gasteiger partial charge in [0, 0.05) is 13.8 Å². The molecule has 2 aromatic carbocycles. The van der Waals surface area contributed by atoms with Crippen LogP contribution in [0.15, 0.2) is 52.5 Å². The topological polar surface area (TPSA) is 111 Å². The van der Waals surface area contributed by atoms with Gasteiger partial charge in [0.15, 0.2) is 11.5 Å². The normalized spacial score (nSPS) is 11.9. The van der Waals surface area contributed by atoms with Crippen molar-refractivity contribution in [2.45, 2.75) is 24.9 Å². The fraction of sp³-hybridized carbons (Fsp3) is 0.167. The second-order valence-corrected chi connectivity index (χ2v) is 7.37. The van der Waals surface area contributed by atoms with Gasteiger partial charge in [0.1, 0.15) is 4.90 Å². The van der Waals surface area contributed by atoms with Crippen LogP contribution in [0.5, 0.6) is 11.5 Å². The van der Waals surface area contributed by atoms with Gasteiger partial charge >= 0.3 is 18.1 Å². The maximum Gasteiger partial charge on any atom is 0.417 e. The van der Waals surface area contributed by atoms with Crippen molar-refractivity contribution in [2.24, 2.45) is 5.10 Å². The zero-order valence-corrected chi connectivity index (χ0v) is 16.4. The molecule has 2 rings (SSSR count). The summed E-state index contributed by atoms with van der Waals surface area (Å²) in [6.45, 7) is 2.25. The summed E-state index contributed by atoms with van der Waals surface area (Å²) in [5.74, 6) is -1.57. The van der Waals surface area contributed by atoms with Gasteiger partial charge in [0.05, 0.1) is 11.8 Å². The van der Waals surface area contributed by atoms with Crippen LogP contribution in [0.1, 0.15) is 25.0 Å². The molecule has 2 aromatic rings. The van der Waals surface area contributed by atoms with Crippen molar-refractivity contribution in [1.82, 2.24) is 4.83 Å². The fourth-order valence-corrected chi connectivity index (χ4v) is 3.25.